The molecular formula is C14H16N4O3. The highest BCUT2D eigenvalue weighted by Crippen LogP contribution is 2.13. The molecule has 21 heavy (non-hydrogen) atoms. The third-order valence-electron chi connectivity index (χ3n) is 2.93. The summed E-state index contributed by atoms with van der Waals surface area (Å²) >= 11 is 0. The van der Waals surface area contributed by atoms with Gasteiger partial charge in [0.05, 0.1) is 6.54 Å². The first-order valence-corrected chi connectivity index (χ1v) is 6.36. The molecule has 0 radical (unpaired) electrons. The Bertz CT molecular complexity index is 624. The fourth-order valence-electron chi connectivity index (χ4n) is 1.84. The molecule has 1 aromatic carbocycles. The fourth-order valence-corrected chi connectivity index (χ4v) is 1.84. The van der Waals surface area contributed by atoms with Gasteiger partial charge in [0.25, 0.3) is 0 Å². The van der Waals surface area contributed by atoms with Gasteiger partial charge in [-0.1, -0.05) is 18.2 Å². The lowest BCUT2D eigenvalue weighted by Crippen LogP contribution is -2.43. The van der Waals surface area contributed by atoms with Gasteiger partial charge in [0.1, 0.15) is 12.4 Å². The third kappa shape index (κ3) is 3.82. The second-order valence-corrected chi connectivity index (χ2v) is 4.43. The number of para-hydroxylation sites is 1. The van der Waals surface area contributed by atoms with Crippen LogP contribution in [-0.4, -0.2) is 33.2 Å². The van der Waals surface area contributed by atoms with Gasteiger partial charge in [-0.25, -0.2) is 9.78 Å². The summed E-state index contributed by atoms with van der Waals surface area (Å²) in [6.07, 6.45) is 3.40. The van der Waals surface area contributed by atoms with E-state index in [-0.39, 0.29) is 6.54 Å². The molecule has 0 bridgehead atoms. The van der Waals surface area contributed by atoms with Crippen molar-refractivity contribution in [1.82, 2.24) is 14.9 Å². The van der Waals surface area contributed by atoms with Crippen LogP contribution < -0.4 is 10.2 Å². The van der Waals surface area contributed by atoms with Crippen molar-refractivity contribution in [2.75, 3.05) is 11.4 Å². The highest BCUT2D eigenvalue weighted by Gasteiger charge is 2.18. The average Bonchev–Trinajstić information content (AvgIpc) is 2.88. The number of rotatable bonds is 5. The van der Waals surface area contributed by atoms with Crippen LogP contribution in [0.1, 0.15) is 5.82 Å². The number of hydrogen-bond acceptors (Lipinski definition) is 3. The van der Waals surface area contributed by atoms with Crippen LogP contribution in [0.5, 0.6) is 0 Å². The Hall–Kier alpha value is -2.83. The van der Waals surface area contributed by atoms with Crippen LogP contribution in [0.4, 0.5) is 10.5 Å². The number of carbonyl (C=O) groups excluding carboxylic acids is 1. The Morgan fingerprint density at radius 3 is 2.62 bits per heavy atom. The maximum Gasteiger partial charge on any atom is 0.323 e. The van der Waals surface area contributed by atoms with E-state index in [2.05, 4.69) is 10.3 Å². The number of urea groups is 1. The summed E-state index contributed by atoms with van der Waals surface area (Å²) < 4.78 is 1.78. The molecule has 0 aliphatic carbocycles. The van der Waals surface area contributed by atoms with E-state index in [4.69, 9.17) is 5.11 Å². The zero-order valence-corrected chi connectivity index (χ0v) is 11.6. The zero-order valence-electron chi connectivity index (χ0n) is 11.6. The van der Waals surface area contributed by atoms with Gasteiger partial charge < -0.3 is 15.0 Å². The predicted molar refractivity (Wildman–Crippen MR) is 76.9 cm³/mol. The summed E-state index contributed by atoms with van der Waals surface area (Å²) in [7, 11) is 1.82. The lowest BCUT2D eigenvalue weighted by Gasteiger charge is -2.21. The molecule has 2 N–H and O–H groups in total. The molecule has 110 valence electrons. The van der Waals surface area contributed by atoms with E-state index in [0.29, 0.717) is 11.5 Å². The number of benzene rings is 1. The minimum atomic E-state index is -1.08. The van der Waals surface area contributed by atoms with Crippen molar-refractivity contribution in [3.8, 4) is 0 Å². The van der Waals surface area contributed by atoms with E-state index in [0.717, 1.165) is 0 Å². The summed E-state index contributed by atoms with van der Waals surface area (Å²) in [4.78, 5) is 28.4. The molecule has 0 atom stereocenters. The van der Waals surface area contributed by atoms with Crippen LogP contribution in [0.25, 0.3) is 0 Å². The van der Waals surface area contributed by atoms with Crippen molar-refractivity contribution in [1.29, 1.82) is 0 Å². The van der Waals surface area contributed by atoms with Crippen LogP contribution in [0.3, 0.4) is 0 Å². The second-order valence-electron chi connectivity index (χ2n) is 4.43. The first-order chi connectivity index (χ1) is 10.1. The number of nitrogens with one attached hydrogen (secondary N) is 1. The van der Waals surface area contributed by atoms with Gasteiger partial charge in [0, 0.05) is 25.1 Å². The molecule has 2 aromatic rings. The van der Waals surface area contributed by atoms with E-state index in [1.165, 1.54) is 4.90 Å². The van der Waals surface area contributed by atoms with E-state index < -0.39 is 18.5 Å². The minimum Gasteiger partial charge on any atom is -0.480 e. The summed E-state index contributed by atoms with van der Waals surface area (Å²) in [5.41, 5.74) is 0.525. The molecule has 0 spiro atoms. The van der Waals surface area contributed by atoms with E-state index >= 15 is 0 Å². The zero-order chi connectivity index (χ0) is 15.2. The van der Waals surface area contributed by atoms with Crippen LogP contribution >= 0.6 is 0 Å². The number of nitrogens with zero attached hydrogens (tertiary/aromatic N) is 3. The van der Waals surface area contributed by atoms with Crippen LogP contribution in [0.2, 0.25) is 0 Å². The molecule has 0 aliphatic heterocycles. The molecule has 7 nitrogen and oxygen atoms in total. The maximum atomic E-state index is 12.2. The molecule has 2 amide bonds. The molecule has 2 rings (SSSR count). The smallest absolute Gasteiger partial charge is 0.323 e. The number of carbonyl (C=O) groups is 2. The molecule has 0 saturated heterocycles. The summed E-state index contributed by atoms with van der Waals surface area (Å²) in [6, 6.07) is 8.18. The fraction of sp³-hybridized carbons (Fsp3) is 0.214. The largest absolute Gasteiger partial charge is 0.480 e. The number of aromatic nitrogens is 2. The quantitative estimate of drug-likeness (QED) is 0.866. The highest BCUT2D eigenvalue weighted by atomic mass is 16.4. The minimum absolute atomic E-state index is 0.227. The SMILES string of the molecule is Cn1ccnc1CNC(=O)N(CC(=O)O)c1ccccc1. The topological polar surface area (TPSA) is 87.5 Å². The van der Waals surface area contributed by atoms with Gasteiger partial charge in [0.2, 0.25) is 0 Å². The van der Waals surface area contributed by atoms with Crippen molar-refractivity contribution in [3.63, 3.8) is 0 Å². The molecule has 7 heteroatoms. The van der Waals surface area contributed by atoms with Crippen LogP contribution in [-0.2, 0) is 18.4 Å². The Labute approximate surface area is 121 Å². The van der Waals surface area contributed by atoms with Crippen LogP contribution in [0.15, 0.2) is 42.7 Å². The molecule has 0 unspecified atom stereocenters. The Balaban J connectivity index is 2.08. The number of imidazole rings is 1. The number of aryl methyl sites for hydroxylation is 1. The molecule has 1 heterocycles. The Kier molecular flexibility index (Phi) is 4.55. The second kappa shape index (κ2) is 6.56. The van der Waals surface area contributed by atoms with Gasteiger partial charge >= 0.3 is 12.0 Å². The van der Waals surface area contributed by atoms with Crippen molar-refractivity contribution < 1.29 is 14.7 Å². The summed E-state index contributed by atoms with van der Waals surface area (Å²) in [5.74, 6) is -0.391. The first kappa shape index (κ1) is 14.6. The molecule has 1 aromatic heterocycles. The predicted octanol–water partition coefficient (Wildman–Crippen LogP) is 1.22. The first-order valence-electron chi connectivity index (χ1n) is 6.36. The molecule has 0 aliphatic rings. The molecule has 0 saturated carbocycles. The van der Waals surface area contributed by atoms with Gasteiger partial charge in [0.15, 0.2) is 0 Å². The van der Waals surface area contributed by atoms with Gasteiger partial charge in [-0.15, -0.1) is 0 Å². The monoisotopic (exact) mass is 288 g/mol. The Morgan fingerprint density at radius 1 is 1.33 bits per heavy atom. The number of aliphatic carboxylic acids is 1. The van der Waals surface area contributed by atoms with Crippen LogP contribution in [0, 0.1) is 0 Å². The third-order valence-corrected chi connectivity index (χ3v) is 2.93. The van der Waals surface area contributed by atoms with Gasteiger partial charge in [-0.3, -0.25) is 9.69 Å². The lowest BCUT2D eigenvalue weighted by molar-refractivity contribution is -0.135. The average molecular weight is 288 g/mol. The maximum absolute atomic E-state index is 12.2. The Morgan fingerprint density at radius 2 is 2.05 bits per heavy atom. The summed E-state index contributed by atoms with van der Waals surface area (Å²) in [5, 5.41) is 11.6. The van der Waals surface area contributed by atoms with Crippen molar-refractivity contribution in [2.24, 2.45) is 7.05 Å². The normalized spacial score (nSPS) is 10.1. The van der Waals surface area contributed by atoms with Gasteiger partial charge in [-0.2, -0.15) is 0 Å². The van der Waals surface area contributed by atoms with Crippen molar-refractivity contribution in [2.45, 2.75) is 6.54 Å². The number of hydrogen-bond donors (Lipinski definition) is 2. The van der Waals surface area contributed by atoms with Crippen molar-refractivity contribution in [3.05, 3.63) is 48.5 Å². The number of carboxylic acids is 1. The number of anilines is 1. The standard InChI is InChI=1S/C14H16N4O3/c1-17-8-7-15-12(17)9-16-14(21)18(10-13(19)20)11-5-3-2-4-6-11/h2-8H,9-10H2,1H3,(H,16,21)(H,19,20). The number of amides is 2. The van der Waals surface area contributed by atoms with E-state index in [1.807, 2.05) is 7.05 Å². The van der Waals surface area contributed by atoms with Gasteiger partial charge in [-0.05, 0) is 12.1 Å². The lowest BCUT2D eigenvalue weighted by atomic mass is 10.3. The highest BCUT2D eigenvalue weighted by molar-refractivity contribution is 5.96. The molecular weight excluding hydrogens is 272 g/mol. The molecule has 0 fully saturated rings. The van der Waals surface area contributed by atoms with Crippen molar-refractivity contribution >= 4 is 17.7 Å². The number of carboxylic acid groups (broad SMARTS) is 1. The summed E-state index contributed by atoms with van der Waals surface area (Å²) in [6.45, 7) is -0.179. The van der Waals surface area contributed by atoms with E-state index in [9.17, 15) is 9.59 Å². The van der Waals surface area contributed by atoms with E-state index in [1.54, 1.807) is 47.3 Å².